The molecule has 0 aromatic rings. The molecule has 0 bridgehead atoms. The molecule has 218 valence electrons. The average molecular weight is 546 g/mol. The molecule has 3 aliphatic heterocycles. The molecule has 10 atom stereocenters. The van der Waals surface area contributed by atoms with Crippen molar-refractivity contribution in [1.82, 2.24) is 30.7 Å². The summed E-state index contributed by atoms with van der Waals surface area (Å²) >= 11 is 0. The summed E-state index contributed by atoms with van der Waals surface area (Å²) in [7, 11) is 3.64. The monoisotopic (exact) mass is 545 g/mol. The molecule has 5 rings (SSSR count). The highest BCUT2D eigenvalue weighted by molar-refractivity contribution is 5.80. The van der Waals surface area contributed by atoms with Crippen molar-refractivity contribution in [3.63, 3.8) is 0 Å². The van der Waals surface area contributed by atoms with Gasteiger partial charge in [0.25, 0.3) is 0 Å². The predicted octanol–water partition coefficient (Wildman–Crippen LogP) is 3.39. The molecule has 3 heterocycles. The second-order valence-electron chi connectivity index (χ2n) is 13.0. The lowest BCUT2D eigenvalue weighted by molar-refractivity contribution is -0.150. The van der Waals surface area contributed by atoms with Crippen molar-refractivity contribution in [1.29, 1.82) is 5.41 Å². The van der Waals surface area contributed by atoms with E-state index in [2.05, 4.69) is 34.7 Å². The number of guanidine groups is 1. The molecule has 2 aliphatic carbocycles. The van der Waals surface area contributed by atoms with Crippen LogP contribution in [0.5, 0.6) is 0 Å². The van der Waals surface area contributed by atoms with Crippen molar-refractivity contribution in [2.75, 3.05) is 33.7 Å². The van der Waals surface area contributed by atoms with E-state index in [9.17, 15) is 13.2 Å². The summed E-state index contributed by atoms with van der Waals surface area (Å²) in [5, 5.41) is 19.1. The lowest BCUT2D eigenvalue weighted by Crippen LogP contribution is -2.67. The van der Waals surface area contributed by atoms with Gasteiger partial charge in [-0.1, -0.05) is 26.7 Å². The number of nitrogens with one attached hydrogen (secondary N) is 4. The number of alkyl halides is 4. The van der Waals surface area contributed by atoms with Crippen molar-refractivity contribution in [3.8, 4) is 0 Å². The molecule has 2 saturated carbocycles. The SMILES string of the molecule is CC(C)C1CCCCC1C1NCC2C(N1)N(CC1CCC(C3NC(C(F)(F)F)CN3C)CC1F)C(=N)N2C. The van der Waals surface area contributed by atoms with Crippen molar-refractivity contribution in [2.45, 2.75) is 102 Å². The second kappa shape index (κ2) is 11.0. The van der Waals surface area contributed by atoms with Crippen LogP contribution in [-0.2, 0) is 0 Å². The van der Waals surface area contributed by atoms with Gasteiger partial charge in [-0.05, 0) is 62.8 Å². The Morgan fingerprint density at radius 1 is 1.03 bits per heavy atom. The number of hydrogen-bond donors (Lipinski definition) is 4. The van der Waals surface area contributed by atoms with Crippen molar-refractivity contribution >= 4 is 5.96 Å². The lowest BCUT2D eigenvalue weighted by Gasteiger charge is -2.46. The third-order valence-corrected chi connectivity index (χ3v) is 10.4. The Morgan fingerprint density at radius 3 is 2.42 bits per heavy atom. The topological polar surface area (TPSA) is 69.7 Å². The van der Waals surface area contributed by atoms with E-state index < -0.39 is 24.6 Å². The summed E-state index contributed by atoms with van der Waals surface area (Å²) in [6, 6.07) is -1.44. The maximum Gasteiger partial charge on any atom is 0.405 e. The highest BCUT2D eigenvalue weighted by atomic mass is 19.4. The molecule has 11 heteroatoms. The van der Waals surface area contributed by atoms with Gasteiger partial charge in [0.15, 0.2) is 5.96 Å². The molecule has 5 fully saturated rings. The van der Waals surface area contributed by atoms with Crippen LogP contribution in [0.3, 0.4) is 0 Å². The number of rotatable bonds is 5. The Morgan fingerprint density at radius 2 is 1.76 bits per heavy atom. The molecule has 3 saturated heterocycles. The summed E-state index contributed by atoms with van der Waals surface area (Å²) in [5.41, 5.74) is 0. The Labute approximate surface area is 224 Å². The van der Waals surface area contributed by atoms with Crippen LogP contribution in [0.2, 0.25) is 0 Å². The van der Waals surface area contributed by atoms with Crippen LogP contribution in [0.1, 0.15) is 58.8 Å². The van der Waals surface area contributed by atoms with E-state index in [1.54, 1.807) is 11.9 Å². The number of nitrogens with zero attached hydrogens (tertiary/aromatic N) is 3. The van der Waals surface area contributed by atoms with E-state index in [0.717, 1.165) is 6.54 Å². The van der Waals surface area contributed by atoms with Crippen LogP contribution < -0.4 is 16.0 Å². The fourth-order valence-electron chi connectivity index (χ4n) is 8.19. The Bertz CT molecular complexity index is 841. The second-order valence-corrected chi connectivity index (χ2v) is 13.0. The largest absolute Gasteiger partial charge is 0.405 e. The van der Waals surface area contributed by atoms with E-state index in [0.29, 0.717) is 43.1 Å². The van der Waals surface area contributed by atoms with Gasteiger partial charge in [0.05, 0.1) is 18.4 Å². The van der Waals surface area contributed by atoms with Crippen molar-refractivity contribution < 1.29 is 17.6 Å². The fraction of sp³-hybridized carbons (Fsp3) is 0.963. The quantitative estimate of drug-likeness (QED) is 0.397. The Balaban J connectivity index is 1.22. The minimum absolute atomic E-state index is 0.0337. The summed E-state index contributed by atoms with van der Waals surface area (Å²) in [4.78, 5) is 5.75. The van der Waals surface area contributed by atoms with Gasteiger partial charge in [-0.2, -0.15) is 13.2 Å². The van der Waals surface area contributed by atoms with E-state index >= 15 is 4.39 Å². The van der Waals surface area contributed by atoms with Crippen molar-refractivity contribution in [3.05, 3.63) is 0 Å². The predicted molar refractivity (Wildman–Crippen MR) is 140 cm³/mol. The van der Waals surface area contributed by atoms with E-state index in [1.807, 2.05) is 11.9 Å². The average Bonchev–Trinajstić information content (AvgIpc) is 3.38. The lowest BCUT2D eigenvalue weighted by atomic mass is 9.71. The smallest absolute Gasteiger partial charge is 0.338 e. The minimum Gasteiger partial charge on any atom is -0.338 e. The van der Waals surface area contributed by atoms with Crippen LogP contribution in [0.15, 0.2) is 0 Å². The zero-order valence-electron chi connectivity index (χ0n) is 23.3. The first kappa shape index (κ1) is 28.4. The molecule has 0 radical (unpaired) electrons. The summed E-state index contributed by atoms with van der Waals surface area (Å²) < 4.78 is 55.4. The van der Waals surface area contributed by atoms with Crippen LogP contribution >= 0.6 is 0 Å². The van der Waals surface area contributed by atoms with Gasteiger partial charge in [0.1, 0.15) is 18.4 Å². The van der Waals surface area contributed by atoms with Crippen LogP contribution in [-0.4, -0.2) is 97.3 Å². The molecule has 38 heavy (non-hydrogen) atoms. The highest BCUT2D eigenvalue weighted by Crippen LogP contribution is 2.40. The minimum atomic E-state index is -4.29. The van der Waals surface area contributed by atoms with Gasteiger partial charge >= 0.3 is 6.18 Å². The summed E-state index contributed by atoms with van der Waals surface area (Å²) in [6.45, 7) is 5.81. The van der Waals surface area contributed by atoms with Gasteiger partial charge < -0.3 is 9.80 Å². The summed E-state index contributed by atoms with van der Waals surface area (Å²) in [6.07, 6.45) is 0.914. The number of fused-ring (bicyclic) bond motifs is 1. The molecule has 7 nitrogen and oxygen atoms in total. The molecular weight excluding hydrogens is 498 g/mol. The van der Waals surface area contributed by atoms with Crippen LogP contribution in [0, 0.1) is 35.0 Å². The molecule has 0 amide bonds. The Kier molecular flexibility index (Phi) is 8.22. The molecule has 4 N–H and O–H groups in total. The van der Waals surface area contributed by atoms with E-state index in [4.69, 9.17) is 5.41 Å². The maximum absolute atomic E-state index is 15.6. The first-order chi connectivity index (χ1) is 18.0. The van der Waals surface area contributed by atoms with Gasteiger partial charge in [-0.25, -0.2) is 4.39 Å². The number of hydrogen-bond acceptors (Lipinski definition) is 5. The molecular formula is C27H47F4N7. The molecule has 5 aliphatic rings. The molecule has 0 spiro atoms. The maximum atomic E-state index is 15.6. The summed E-state index contributed by atoms with van der Waals surface area (Å²) in [5.74, 6) is 1.91. The fourth-order valence-corrected chi connectivity index (χ4v) is 8.19. The van der Waals surface area contributed by atoms with E-state index in [-0.39, 0.29) is 43.2 Å². The highest BCUT2D eigenvalue weighted by Gasteiger charge is 2.51. The van der Waals surface area contributed by atoms with Crippen LogP contribution in [0.25, 0.3) is 0 Å². The third kappa shape index (κ3) is 5.41. The molecule has 0 aromatic carbocycles. The van der Waals surface area contributed by atoms with Crippen molar-refractivity contribution in [2.24, 2.45) is 29.6 Å². The number of likely N-dealkylation sites (N-methyl/N-ethyl adjacent to an activating group) is 2. The molecule has 0 aromatic heterocycles. The first-order valence-electron chi connectivity index (χ1n) is 14.7. The van der Waals surface area contributed by atoms with Gasteiger partial charge in [-0.3, -0.25) is 26.3 Å². The molecule has 10 unspecified atom stereocenters. The van der Waals surface area contributed by atoms with Gasteiger partial charge in [0, 0.05) is 32.6 Å². The zero-order valence-corrected chi connectivity index (χ0v) is 23.3. The number of halogens is 4. The van der Waals surface area contributed by atoms with Gasteiger partial charge in [0.2, 0.25) is 0 Å². The van der Waals surface area contributed by atoms with Gasteiger partial charge in [-0.15, -0.1) is 0 Å². The third-order valence-electron chi connectivity index (χ3n) is 10.4. The first-order valence-corrected chi connectivity index (χ1v) is 14.7. The normalized spacial score (nSPS) is 43.2. The Hall–Kier alpha value is -1.17. The van der Waals surface area contributed by atoms with E-state index in [1.165, 1.54) is 25.7 Å². The standard InChI is InChI=1S/C27H47F4N7/c1-15(2)18-7-5-6-8-19(18)23-33-12-21-25(35-23)38(26(32)37(21)4)13-17-10-9-16(11-20(17)28)24-34-22(14-36(24)3)27(29,30)31/h15-25,32-35H,5-14H2,1-4H3. The van der Waals surface area contributed by atoms with Crippen LogP contribution in [0.4, 0.5) is 17.6 Å². The zero-order chi connectivity index (χ0) is 27.4.